The van der Waals surface area contributed by atoms with Gasteiger partial charge in [-0.15, -0.1) is 33.2 Å². The Labute approximate surface area is 105 Å². The van der Waals surface area contributed by atoms with Crippen LogP contribution in [0, 0.1) is 0 Å². The highest BCUT2D eigenvalue weighted by Crippen LogP contribution is 2.35. The van der Waals surface area contributed by atoms with Gasteiger partial charge >= 0.3 is 12.0 Å². The van der Waals surface area contributed by atoms with Crippen LogP contribution in [0.2, 0.25) is 0 Å². The molecule has 0 aromatic carbocycles. The van der Waals surface area contributed by atoms with Crippen molar-refractivity contribution in [1.29, 1.82) is 0 Å². The molecule has 1 atom stereocenters. The summed E-state index contributed by atoms with van der Waals surface area (Å²) in [6.07, 6.45) is 0.815. The molecule has 2 amide bonds. The Morgan fingerprint density at radius 2 is 1.93 bits per heavy atom. The third-order valence-corrected chi connectivity index (χ3v) is 6.30. The molecule has 0 aliphatic carbocycles. The maximum absolute atomic E-state index is 11.9. The van der Waals surface area contributed by atoms with Gasteiger partial charge in [0.1, 0.15) is 0 Å². The SMILES string of the molecule is CCN(CC)C(=O)N1CCC1[Si](Cl)(Cl)Cl. The van der Waals surface area contributed by atoms with E-state index in [1.807, 2.05) is 13.8 Å². The molecule has 0 aromatic rings. The molecule has 1 unspecified atom stereocenters. The zero-order chi connectivity index (χ0) is 11.6. The molecule has 3 nitrogen and oxygen atoms in total. The van der Waals surface area contributed by atoms with Crippen LogP contribution in [-0.4, -0.2) is 47.1 Å². The first kappa shape index (κ1) is 13.4. The van der Waals surface area contributed by atoms with Gasteiger partial charge in [-0.25, -0.2) is 4.79 Å². The first-order valence-electron chi connectivity index (χ1n) is 5.04. The Bertz CT molecular complexity index is 243. The van der Waals surface area contributed by atoms with Gasteiger partial charge in [-0.2, -0.15) is 0 Å². The number of rotatable bonds is 3. The van der Waals surface area contributed by atoms with Crippen LogP contribution in [0.1, 0.15) is 20.3 Å². The first-order valence-corrected chi connectivity index (χ1v) is 10.1. The van der Waals surface area contributed by atoms with Gasteiger partial charge in [-0.1, -0.05) is 0 Å². The molecule has 15 heavy (non-hydrogen) atoms. The van der Waals surface area contributed by atoms with E-state index in [0.717, 1.165) is 6.42 Å². The summed E-state index contributed by atoms with van der Waals surface area (Å²) in [7, 11) is 0. The van der Waals surface area contributed by atoms with Crippen molar-refractivity contribution in [1.82, 2.24) is 9.80 Å². The van der Waals surface area contributed by atoms with Gasteiger partial charge in [0.2, 0.25) is 0 Å². The van der Waals surface area contributed by atoms with E-state index in [0.29, 0.717) is 19.6 Å². The van der Waals surface area contributed by atoms with Crippen molar-refractivity contribution in [3.63, 3.8) is 0 Å². The van der Waals surface area contributed by atoms with Crippen molar-refractivity contribution in [2.24, 2.45) is 0 Å². The topological polar surface area (TPSA) is 23.6 Å². The number of amides is 2. The van der Waals surface area contributed by atoms with Crippen molar-refractivity contribution < 1.29 is 4.79 Å². The Kier molecular flexibility index (Phi) is 4.59. The Balaban J connectivity index is 2.62. The molecule has 1 fully saturated rings. The lowest BCUT2D eigenvalue weighted by atomic mass is 10.2. The molecule has 1 saturated heterocycles. The lowest BCUT2D eigenvalue weighted by Gasteiger charge is -2.45. The zero-order valence-electron chi connectivity index (χ0n) is 8.84. The number of urea groups is 1. The second kappa shape index (κ2) is 5.12. The molecule has 1 aliphatic rings. The van der Waals surface area contributed by atoms with Gasteiger partial charge in [-0.05, 0) is 20.3 Å². The second-order valence-corrected chi connectivity index (χ2v) is 12.4. The molecule has 0 bridgehead atoms. The summed E-state index contributed by atoms with van der Waals surface area (Å²) in [6.45, 7) is 5.99. The van der Waals surface area contributed by atoms with Gasteiger partial charge in [0, 0.05) is 19.6 Å². The first-order chi connectivity index (χ1) is 6.91. The standard InChI is InChI=1S/C8H15Cl3N2OSi/c1-3-12(4-2)8(14)13-6-5-7(13)15(9,10)11/h7H,3-6H2,1-2H3. The fourth-order valence-electron chi connectivity index (χ4n) is 1.63. The number of hydrogen-bond donors (Lipinski definition) is 0. The van der Waals surface area contributed by atoms with Crippen LogP contribution in [0.4, 0.5) is 4.79 Å². The molecule has 1 aliphatic heterocycles. The van der Waals surface area contributed by atoms with Crippen LogP contribution in [0.25, 0.3) is 0 Å². The van der Waals surface area contributed by atoms with Crippen LogP contribution < -0.4 is 0 Å². The van der Waals surface area contributed by atoms with Crippen molar-refractivity contribution in [3.05, 3.63) is 0 Å². The van der Waals surface area contributed by atoms with Crippen LogP contribution in [0.15, 0.2) is 0 Å². The Hall–Kier alpha value is 0.357. The third kappa shape index (κ3) is 2.93. The lowest BCUT2D eigenvalue weighted by Crippen LogP contribution is -2.62. The Morgan fingerprint density at radius 1 is 1.40 bits per heavy atom. The van der Waals surface area contributed by atoms with Gasteiger partial charge in [0.25, 0.3) is 0 Å². The fourth-order valence-corrected chi connectivity index (χ4v) is 4.72. The van der Waals surface area contributed by atoms with Gasteiger partial charge in [0.15, 0.2) is 0 Å². The van der Waals surface area contributed by atoms with Crippen molar-refractivity contribution in [3.8, 4) is 0 Å². The van der Waals surface area contributed by atoms with Crippen molar-refractivity contribution in [2.75, 3.05) is 19.6 Å². The third-order valence-electron chi connectivity index (χ3n) is 2.68. The van der Waals surface area contributed by atoms with Gasteiger partial charge < -0.3 is 9.80 Å². The minimum absolute atomic E-state index is 0.00456. The highest BCUT2D eigenvalue weighted by atomic mass is 35.8. The highest BCUT2D eigenvalue weighted by molar-refractivity contribution is 7.65. The second-order valence-electron chi connectivity index (χ2n) is 3.49. The van der Waals surface area contributed by atoms with E-state index in [-0.39, 0.29) is 11.7 Å². The number of likely N-dealkylation sites (tertiary alicyclic amines) is 1. The molecular weight excluding hydrogens is 275 g/mol. The molecule has 0 aromatic heterocycles. The predicted molar refractivity (Wildman–Crippen MR) is 66.7 cm³/mol. The number of hydrogen-bond acceptors (Lipinski definition) is 1. The summed E-state index contributed by atoms with van der Waals surface area (Å²) in [6, 6.07) is -2.78. The summed E-state index contributed by atoms with van der Waals surface area (Å²) in [5.74, 6) is 0. The van der Waals surface area contributed by atoms with Gasteiger partial charge in [0.05, 0.1) is 5.67 Å². The lowest BCUT2D eigenvalue weighted by molar-refractivity contribution is 0.116. The largest absolute Gasteiger partial charge is 0.362 e. The molecule has 88 valence electrons. The molecule has 0 saturated carbocycles. The normalized spacial score (nSPS) is 21.1. The maximum Gasteiger partial charge on any atom is 0.362 e. The van der Waals surface area contributed by atoms with E-state index in [1.54, 1.807) is 9.80 Å². The van der Waals surface area contributed by atoms with Crippen LogP contribution in [-0.2, 0) is 0 Å². The van der Waals surface area contributed by atoms with E-state index in [9.17, 15) is 4.79 Å². The van der Waals surface area contributed by atoms with Crippen molar-refractivity contribution >= 4 is 45.3 Å². The summed E-state index contributed by atoms with van der Waals surface area (Å²) >= 11 is 17.8. The number of carbonyl (C=O) groups excluding carboxylic acids is 1. The molecule has 0 spiro atoms. The number of nitrogens with zero attached hydrogens (tertiary/aromatic N) is 2. The molecular formula is C8H15Cl3N2OSi. The summed E-state index contributed by atoms with van der Waals surface area (Å²) in [5.41, 5.74) is -0.143. The fraction of sp³-hybridized carbons (Fsp3) is 0.875. The zero-order valence-corrected chi connectivity index (χ0v) is 12.1. The van der Waals surface area contributed by atoms with Crippen LogP contribution in [0.3, 0.4) is 0 Å². The monoisotopic (exact) mass is 288 g/mol. The molecule has 1 heterocycles. The quantitative estimate of drug-likeness (QED) is 0.579. The molecule has 7 heteroatoms. The summed E-state index contributed by atoms with van der Waals surface area (Å²) in [5, 5.41) is 0. The average molecular weight is 290 g/mol. The molecule has 0 radical (unpaired) electrons. The van der Waals surface area contributed by atoms with Crippen LogP contribution in [0.5, 0.6) is 0 Å². The van der Waals surface area contributed by atoms with E-state index in [2.05, 4.69) is 0 Å². The number of halogens is 3. The highest BCUT2D eigenvalue weighted by Gasteiger charge is 2.48. The maximum atomic E-state index is 11.9. The molecule has 0 N–H and O–H groups in total. The smallest absolute Gasteiger partial charge is 0.325 e. The summed E-state index contributed by atoms with van der Waals surface area (Å²) in [4.78, 5) is 15.4. The summed E-state index contributed by atoms with van der Waals surface area (Å²) < 4.78 is 0. The van der Waals surface area contributed by atoms with Crippen molar-refractivity contribution in [2.45, 2.75) is 25.9 Å². The van der Waals surface area contributed by atoms with E-state index < -0.39 is 6.00 Å². The average Bonchev–Trinajstić information content (AvgIpc) is 2.00. The van der Waals surface area contributed by atoms with Gasteiger partial charge in [-0.3, -0.25) is 0 Å². The van der Waals surface area contributed by atoms with E-state index in [4.69, 9.17) is 33.2 Å². The minimum Gasteiger partial charge on any atom is -0.325 e. The van der Waals surface area contributed by atoms with E-state index >= 15 is 0 Å². The Morgan fingerprint density at radius 3 is 2.20 bits per heavy atom. The van der Waals surface area contributed by atoms with E-state index in [1.165, 1.54) is 0 Å². The molecule has 1 rings (SSSR count). The van der Waals surface area contributed by atoms with Crippen LogP contribution >= 0.6 is 33.2 Å². The number of carbonyl (C=O) groups is 1. The minimum atomic E-state index is -2.78. The predicted octanol–water partition coefficient (Wildman–Crippen LogP) is 2.72.